The second kappa shape index (κ2) is 4.96. The molecular weight excluding hydrogens is 306 g/mol. The standard InChI is InChI=1S/C17H15N5O2/c1-24-12-4-2-11(3-5-12)13-6-17(21)7-15(8-18,14(23)22-17)16(13,9-19)10-20/h2-5,13H,6-7,21H2,1H3,(H,22,23). The predicted molar refractivity (Wildman–Crippen MR) is 81.7 cm³/mol. The Morgan fingerprint density at radius 1 is 1.21 bits per heavy atom. The van der Waals surface area contributed by atoms with Crippen molar-refractivity contribution < 1.29 is 9.53 Å². The largest absolute Gasteiger partial charge is 0.497 e. The van der Waals surface area contributed by atoms with Crippen molar-refractivity contribution in [2.24, 2.45) is 16.6 Å². The highest BCUT2D eigenvalue weighted by molar-refractivity contribution is 5.92. The van der Waals surface area contributed by atoms with Crippen LogP contribution in [-0.4, -0.2) is 18.7 Å². The van der Waals surface area contributed by atoms with Gasteiger partial charge in [0, 0.05) is 12.3 Å². The van der Waals surface area contributed by atoms with E-state index < -0.39 is 28.3 Å². The van der Waals surface area contributed by atoms with Gasteiger partial charge in [-0.3, -0.25) is 4.79 Å². The van der Waals surface area contributed by atoms with E-state index in [0.717, 1.165) is 0 Å². The zero-order chi connectivity index (χ0) is 17.6. The zero-order valence-corrected chi connectivity index (χ0v) is 13.0. The van der Waals surface area contributed by atoms with Crippen LogP contribution < -0.4 is 15.8 Å². The summed E-state index contributed by atoms with van der Waals surface area (Å²) in [5.41, 5.74) is 2.22. The molecule has 2 fully saturated rings. The summed E-state index contributed by atoms with van der Waals surface area (Å²) >= 11 is 0. The molecule has 2 aliphatic rings. The Hall–Kier alpha value is -3.08. The molecule has 3 unspecified atom stereocenters. The maximum atomic E-state index is 12.5. The molecule has 0 spiro atoms. The number of carbonyl (C=O) groups is 1. The monoisotopic (exact) mass is 321 g/mol. The second-order valence-corrected chi connectivity index (χ2v) is 6.37. The van der Waals surface area contributed by atoms with Crippen LogP contribution in [0.15, 0.2) is 24.3 Å². The first-order valence-corrected chi connectivity index (χ1v) is 7.39. The number of nitrogens with one attached hydrogen (secondary N) is 1. The van der Waals surface area contributed by atoms with Crippen molar-refractivity contribution in [1.29, 1.82) is 15.8 Å². The van der Waals surface area contributed by atoms with Gasteiger partial charge in [0.25, 0.3) is 0 Å². The van der Waals surface area contributed by atoms with Crippen molar-refractivity contribution in [3.05, 3.63) is 29.8 Å². The highest BCUT2D eigenvalue weighted by Gasteiger charge is 2.73. The van der Waals surface area contributed by atoms with Gasteiger partial charge in [-0.2, -0.15) is 15.8 Å². The van der Waals surface area contributed by atoms with Crippen LogP contribution in [0.5, 0.6) is 5.75 Å². The minimum Gasteiger partial charge on any atom is -0.497 e. The molecule has 0 radical (unpaired) electrons. The Morgan fingerprint density at radius 3 is 2.33 bits per heavy atom. The van der Waals surface area contributed by atoms with E-state index in [-0.39, 0.29) is 12.8 Å². The molecular formula is C17H15N5O2. The molecule has 1 saturated heterocycles. The summed E-state index contributed by atoms with van der Waals surface area (Å²) in [6.45, 7) is 0. The molecule has 7 heteroatoms. The van der Waals surface area contributed by atoms with Gasteiger partial charge >= 0.3 is 0 Å². The van der Waals surface area contributed by atoms with Crippen LogP contribution in [0.4, 0.5) is 0 Å². The van der Waals surface area contributed by atoms with Gasteiger partial charge in [0.1, 0.15) is 5.75 Å². The quantitative estimate of drug-likeness (QED) is 0.830. The van der Waals surface area contributed by atoms with Gasteiger partial charge in [-0.25, -0.2) is 0 Å². The first-order chi connectivity index (χ1) is 11.4. The topological polar surface area (TPSA) is 136 Å². The van der Waals surface area contributed by atoms with Crippen LogP contribution in [0.1, 0.15) is 24.3 Å². The van der Waals surface area contributed by atoms with E-state index in [0.29, 0.717) is 11.3 Å². The van der Waals surface area contributed by atoms with Gasteiger partial charge < -0.3 is 15.8 Å². The maximum Gasteiger partial charge on any atom is 0.244 e. The molecule has 24 heavy (non-hydrogen) atoms. The van der Waals surface area contributed by atoms with Gasteiger partial charge in [-0.15, -0.1) is 0 Å². The minimum atomic E-state index is -1.81. The predicted octanol–water partition coefficient (Wildman–Crippen LogP) is 0.901. The minimum absolute atomic E-state index is 0.0525. The summed E-state index contributed by atoms with van der Waals surface area (Å²) in [5, 5.41) is 32.0. The lowest BCUT2D eigenvalue weighted by molar-refractivity contribution is -0.128. The number of benzene rings is 1. The molecule has 1 heterocycles. The van der Waals surface area contributed by atoms with Crippen molar-refractivity contribution in [1.82, 2.24) is 5.32 Å². The number of nitrogens with zero attached hydrogens (tertiary/aromatic N) is 3. The summed E-state index contributed by atoms with van der Waals surface area (Å²) in [6, 6.07) is 12.8. The van der Waals surface area contributed by atoms with E-state index in [1.807, 2.05) is 18.2 Å². The molecule has 7 nitrogen and oxygen atoms in total. The van der Waals surface area contributed by atoms with Crippen LogP contribution in [-0.2, 0) is 4.79 Å². The Morgan fingerprint density at radius 2 is 1.83 bits per heavy atom. The third-order valence-electron chi connectivity index (χ3n) is 5.16. The summed E-state index contributed by atoms with van der Waals surface area (Å²) in [6.07, 6.45) is 0.152. The summed E-state index contributed by atoms with van der Waals surface area (Å²) in [4.78, 5) is 12.5. The van der Waals surface area contributed by atoms with Gasteiger partial charge in [0.2, 0.25) is 5.91 Å². The molecule has 0 aromatic heterocycles. The van der Waals surface area contributed by atoms with Crippen LogP contribution in [0.25, 0.3) is 0 Å². The number of ether oxygens (including phenoxy) is 1. The van der Waals surface area contributed by atoms with E-state index in [1.165, 1.54) is 7.11 Å². The summed E-state index contributed by atoms with van der Waals surface area (Å²) in [5.74, 6) is -0.689. The Bertz CT molecular complexity index is 815. The van der Waals surface area contributed by atoms with Crippen molar-refractivity contribution >= 4 is 5.91 Å². The molecule has 1 saturated carbocycles. The smallest absolute Gasteiger partial charge is 0.244 e. The first-order valence-electron chi connectivity index (χ1n) is 7.39. The van der Waals surface area contributed by atoms with E-state index in [1.54, 1.807) is 24.3 Å². The molecule has 1 aliphatic heterocycles. The fourth-order valence-electron chi connectivity index (χ4n) is 3.94. The maximum absolute atomic E-state index is 12.5. The van der Waals surface area contributed by atoms with Crippen molar-refractivity contribution in [3.8, 4) is 24.0 Å². The van der Waals surface area contributed by atoms with Crippen LogP contribution >= 0.6 is 0 Å². The average molecular weight is 321 g/mol. The lowest BCUT2D eigenvalue weighted by Crippen LogP contribution is -2.56. The number of carbonyl (C=O) groups excluding carboxylic acids is 1. The molecule has 3 N–H and O–H groups in total. The Kier molecular flexibility index (Phi) is 3.27. The molecule has 1 amide bonds. The highest BCUT2D eigenvalue weighted by Crippen LogP contribution is 2.61. The normalized spacial score (nSPS) is 32.8. The molecule has 1 aliphatic carbocycles. The fourth-order valence-corrected chi connectivity index (χ4v) is 3.94. The van der Waals surface area contributed by atoms with Gasteiger partial charge in [-0.1, -0.05) is 12.1 Å². The van der Waals surface area contributed by atoms with E-state index in [4.69, 9.17) is 10.5 Å². The number of nitriles is 3. The summed E-state index contributed by atoms with van der Waals surface area (Å²) < 4.78 is 5.12. The van der Waals surface area contributed by atoms with Crippen molar-refractivity contribution in [2.45, 2.75) is 24.4 Å². The Labute approximate surface area is 139 Å². The van der Waals surface area contributed by atoms with Gasteiger partial charge in [-0.05, 0) is 24.1 Å². The summed E-state index contributed by atoms with van der Waals surface area (Å²) in [7, 11) is 1.53. The molecule has 2 bridgehead atoms. The molecule has 1 aromatic rings. The molecule has 3 rings (SSSR count). The number of methoxy groups -OCH3 is 1. The second-order valence-electron chi connectivity index (χ2n) is 6.37. The number of rotatable bonds is 2. The van der Waals surface area contributed by atoms with Gasteiger partial charge in [0.05, 0.1) is 31.0 Å². The average Bonchev–Trinajstić information content (AvgIpc) is 2.83. The van der Waals surface area contributed by atoms with Crippen LogP contribution in [0.3, 0.4) is 0 Å². The van der Waals surface area contributed by atoms with Crippen molar-refractivity contribution in [2.75, 3.05) is 7.11 Å². The third kappa shape index (κ3) is 1.75. The Balaban J connectivity index is 2.22. The number of nitrogens with two attached hydrogens (primary N) is 1. The van der Waals surface area contributed by atoms with E-state index >= 15 is 0 Å². The van der Waals surface area contributed by atoms with E-state index in [2.05, 4.69) is 5.32 Å². The number of amides is 1. The SMILES string of the molecule is COc1ccc(C2CC3(N)CC(C#N)(C(=O)N3)C2(C#N)C#N)cc1. The zero-order valence-electron chi connectivity index (χ0n) is 13.0. The first kappa shape index (κ1) is 15.8. The fraction of sp³-hybridized carbons (Fsp3) is 0.412. The highest BCUT2D eigenvalue weighted by atomic mass is 16.5. The van der Waals surface area contributed by atoms with Crippen molar-refractivity contribution in [3.63, 3.8) is 0 Å². The van der Waals surface area contributed by atoms with Gasteiger partial charge in [0.15, 0.2) is 10.8 Å². The number of hydrogen-bond acceptors (Lipinski definition) is 6. The number of hydrogen-bond donors (Lipinski definition) is 2. The van der Waals surface area contributed by atoms with Crippen LogP contribution in [0, 0.1) is 44.8 Å². The van der Waals surface area contributed by atoms with E-state index in [9.17, 15) is 20.6 Å². The lowest BCUT2D eigenvalue weighted by Gasteiger charge is -2.44. The number of fused-ring (bicyclic) bond motifs is 2. The lowest BCUT2D eigenvalue weighted by atomic mass is 9.51. The molecule has 3 atom stereocenters. The third-order valence-corrected chi connectivity index (χ3v) is 5.16. The van der Waals surface area contributed by atoms with Crippen LogP contribution in [0.2, 0.25) is 0 Å². The molecule has 1 aromatic carbocycles. The molecule has 120 valence electrons.